The lowest BCUT2D eigenvalue weighted by Crippen LogP contribution is -2.31. The predicted molar refractivity (Wildman–Crippen MR) is 212 cm³/mol. The number of hydrogen-bond acceptors (Lipinski definition) is 6. The van der Waals surface area contributed by atoms with E-state index in [1.165, 1.54) is 0 Å². The number of nitrogens with zero attached hydrogens (tertiary/aromatic N) is 6. The van der Waals surface area contributed by atoms with Gasteiger partial charge in [-0.15, -0.1) is 0 Å². The van der Waals surface area contributed by atoms with Crippen molar-refractivity contribution in [1.82, 2.24) is 39.7 Å². The fraction of sp³-hybridized carbons (Fsp3) is 0.200. The van der Waals surface area contributed by atoms with E-state index in [9.17, 15) is 9.59 Å². The Morgan fingerprint density at radius 2 is 0.981 bits per heavy atom. The highest BCUT2D eigenvalue weighted by molar-refractivity contribution is 7.59. The molecule has 10 nitrogen and oxygen atoms in total. The van der Waals surface area contributed by atoms with Crippen molar-refractivity contribution < 1.29 is 9.59 Å². The zero-order chi connectivity index (χ0) is 33.6. The van der Waals surface area contributed by atoms with Crippen molar-refractivity contribution in [2.45, 2.75) is 37.8 Å². The van der Waals surface area contributed by atoms with Gasteiger partial charge in [0.1, 0.15) is 23.0 Å². The molecule has 0 bridgehead atoms. The molecule has 3 aromatic carbocycles. The first kappa shape index (κ1) is 35.0. The Kier molecular flexibility index (Phi) is 9.85. The number of rotatable bonds is 6. The predicted octanol–water partition coefficient (Wildman–Crippen LogP) is 7.74. The number of aromatic nitrogens is 6. The van der Waals surface area contributed by atoms with E-state index in [4.69, 9.17) is 9.97 Å². The molecule has 0 radical (unpaired) electrons. The Bertz CT molecular complexity index is 2200. The first-order valence-electron chi connectivity index (χ1n) is 17.1. The van der Waals surface area contributed by atoms with Gasteiger partial charge in [-0.1, -0.05) is 48.5 Å². The Balaban J connectivity index is 0.00000210. The summed E-state index contributed by atoms with van der Waals surface area (Å²) in [5.41, 5.74) is 8.94. The second kappa shape index (κ2) is 14.6. The summed E-state index contributed by atoms with van der Waals surface area (Å²) in [6.07, 6.45) is 6.90. The Hall–Kier alpha value is -5.46. The van der Waals surface area contributed by atoms with Crippen LogP contribution in [0.1, 0.15) is 70.4 Å². The molecule has 2 fully saturated rings. The van der Waals surface area contributed by atoms with Crippen LogP contribution in [-0.2, 0) is 0 Å². The highest BCUT2D eigenvalue weighted by Crippen LogP contribution is 2.35. The second-order valence-corrected chi connectivity index (χ2v) is 13.0. The largest absolute Gasteiger partial charge is 0.340 e. The highest BCUT2D eigenvalue weighted by Gasteiger charge is 2.34. The van der Waals surface area contributed by atoms with Crippen LogP contribution in [-0.4, -0.2) is 64.6 Å². The average molecular weight is 727 g/mol. The number of hydrogen-bond donors (Lipinski definition) is 2. The number of carbonyl (C=O) groups excluding carboxylic acids is 2. The van der Waals surface area contributed by atoms with Gasteiger partial charge in [-0.25, -0.2) is 9.97 Å². The topological polar surface area (TPSA) is 124 Å². The van der Waals surface area contributed by atoms with Gasteiger partial charge in [0.15, 0.2) is 0 Å². The quantitative estimate of drug-likeness (QED) is 0.181. The lowest BCUT2D eigenvalue weighted by atomic mass is 10.00. The minimum Gasteiger partial charge on any atom is -0.340 e. The van der Waals surface area contributed by atoms with Crippen LogP contribution >= 0.6 is 27.0 Å². The van der Waals surface area contributed by atoms with Crippen LogP contribution in [0.2, 0.25) is 0 Å². The van der Waals surface area contributed by atoms with Crippen molar-refractivity contribution in [2.75, 3.05) is 13.1 Å². The third-order valence-electron chi connectivity index (χ3n) is 9.98. The van der Waals surface area contributed by atoms with Crippen LogP contribution in [0.3, 0.4) is 0 Å². The van der Waals surface area contributed by atoms with Crippen molar-refractivity contribution in [3.8, 4) is 22.3 Å². The monoisotopic (exact) mass is 726 g/mol. The van der Waals surface area contributed by atoms with Gasteiger partial charge in [0.25, 0.3) is 11.8 Å². The molecule has 7 aromatic rings. The summed E-state index contributed by atoms with van der Waals surface area (Å²) in [4.78, 5) is 55.6. The molecule has 0 saturated carbocycles. The van der Waals surface area contributed by atoms with E-state index in [1.54, 1.807) is 24.5 Å². The van der Waals surface area contributed by atoms with E-state index in [1.807, 2.05) is 46.2 Å². The van der Waals surface area contributed by atoms with Gasteiger partial charge in [0, 0.05) is 25.5 Å². The zero-order valence-corrected chi connectivity index (χ0v) is 30.3. The fourth-order valence-corrected chi connectivity index (χ4v) is 7.45. The van der Waals surface area contributed by atoms with Crippen LogP contribution in [0.15, 0.2) is 109 Å². The molecule has 4 aromatic heterocycles. The normalized spacial score (nSPS) is 16.9. The molecular formula is C40H38N8O2S2. The molecule has 262 valence electrons. The van der Waals surface area contributed by atoms with Crippen molar-refractivity contribution >= 4 is 60.9 Å². The summed E-state index contributed by atoms with van der Waals surface area (Å²) in [6, 6.07) is 31.7. The summed E-state index contributed by atoms with van der Waals surface area (Å²) >= 11 is 0. The van der Waals surface area contributed by atoms with Crippen LogP contribution in [0.25, 0.3) is 44.3 Å². The smallest absolute Gasteiger partial charge is 0.273 e. The molecule has 9 rings (SSSR count). The first-order chi connectivity index (χ1) is 24.6. The van der Waals surface area contributed by atoms with Crippen LogP contribution in [0, 0.1) is 0 Å². The van der Waals surface area contributed by atoms with E-state index in [2.05, 4.69) is 68.5 Å². The van der Waals surface area contributed by atoms with Crippen molar-refractivity contribution in [3.63, 3.8) is 0 Å². The molecule has 2 atom stereocenters. The number of amides is 2. The summed E-state index contributed by atoms with van der Waals surface area (Å²) in [5.74, 6) is 1.50. The minimum absolute atomic E-state index is 0. The van der Waals surface area contributed by atoms with Gasteiger partial charge in [0.2, 0.25) is 0 Å². The third-order valence-corrected chi connectivity index (χ3v) is 9.98. The van der Waals surface area contributed by atoms with Crippen LogP contribution in [0.4, 0.5) is 0 Å². The van der Waals surface area contributed by atoms with Gasteiger partial charge in [-0.3, -0.25) is 19.6 Å². The zero-order valence-electron chi connectivity index (χ0n) is 28.3. The molecule has 0 unspecified atom stereocenters. The van der Waals surface area contributed by atoms with E-state index in [0.29, 0.717) is 24.5 Å². The minimum atomic E-state index is -0.103. The summed E-state index contributed by atoms with van der Waals surface area (Å²) in [5, 5.41) is 0. The molecule has 12 heteroatoms. The second-order valence-electron chi connectivity index (χ2n) is 13.0. The standard InChI is InChI=1S/C40H34N8O2.2H2S/c49-39(31-7-1-3-19-41-31)47-21-5-9-35(47)37-43-29-17-15-27(23-33(29)45-37)25-11-13-26(14-12-25)28-16-18-30-34(24-28)46-38(44-30)36-10-6-22-48(36)40(50)32-8-2-4-20-42-32;;/h1-4,7-8,11-20,23-24,35-36H,5-6,9-10,21-22H2,(H,43,45)(H,44,46);2*1H2/t35-,36-;;/m0../s1. The van der Waals surface area contributed by atoms with E-state index in [0.717, 1.165) is 81.7 Å². The molecule has 2 amide bonds. The van der Waals surface area contributed by atoms with Gasteiger partial charge >= 0.3 is 0 Å². The molecule has 2 aliphatic rings. The van der Waals surface area contributed by atoms with Crippen LogP contribution < -0.4 is 0 Å². The maximum Gasteiger partial charge on any atom is 0.273 e. The van der Waals surface area contributed by atoms with Crippen LogP contribution in [0.5, 0.6) is 0 Å². The number of likely N-dealkylation sites (tertiary alicyclic amines) is 2. The van der Waals surface area contributed by atoms with Gasteiger partial charge < -0.3 is 19.8 Å². The summed E-state index contributed by atoms with van der Waals surface area (Å²) < 4.78 is 0. The van der Waals surface area contributed by atoms with Gasteiger partial charge in [-0.05, 0) is 96.5 Å². The molecule has 6 heterocycles. The lowest BCUT2D eigenvalue weighted by molar-refractivity contribution is 0.0717. The van der Waals surface area contributed by atoms with Gasteiger partial charge in [-0.2, -0.15) is 27.0 Å². The maximum absolute atomic E-state index is 13.2. The van der Waals surface area contributed by atoms with E-state index >= 15 is 0 Å². The number of fused-ring (bicyclic) bond motifs is 2. The average Bonchev–Trinajstić information content (AvgIpc) is 4.00. The molecule has 0 spiro atoms. The number of aromatic amines is 2. The number of H-pyrrole nitrogens is 2. The Morgan fingerprint density at radius 1 is 0.558 bits per heavy atom. The molecule has 0 aliphatic carbocycles. The maximum atomic E-state index is 13.2. The SMILES string of the molecule is O=C(c1ccccn1)N1CCC[C@H]1c1nc2ccc(-c3ccc(-c4ccc5nc([C@@H]6CCCN6C(=O)c6ccccn6)[nH]c5c4)cc3)cc2[nH]1.S.S. The number of carbonyl (C=O) groups is 2. The molecular weight excluding hydrogens is 689 g/mol. The van der Waals surface area contributed by atoms with Crippen molar-refractivity contribution in [2.24, 2.45) is 0 Å². The first-order valence-corrected chi connectivity index (χ1v) is 17.1. The van der Waals surface area contributed by atoms with Crippen molar-refractivity contribution in [1.29, 1.82) is 0 Å². The number of imidazole rings is 2. The fourth-order valence-electron chi connectivity index (χ4n) is 7.45. The highest BCUT2D eigenvalue weighted by atomic mass is 32.1. The number of pyridine rings is 2. The molecule has 52 heavy (non-hydrogen) atoms. The summed E-state index contributed by atoms with van der Waals surface area (Å²) in [6.45, 7) is 1.38. The third kappa shape index (κ3) is 6.44. The molecule has 2 N–H and O–H groups in total. The van der Waals surface area contributed by atoms with Crippen molar-refractivity contribution in [3.05, 3.63) is 132 Å². The van der Waals surface area contributed by atoms with Gasteiger partial charge in [0.05, 0.1) is 34.2 Å². The Labute approximate surface area is 314 Å². The Morgan fingerprint density at radius 3 is 1.38 bits per heavy atom. The number of benzene rings is 3. The lowest BCUT2D eigenvalue weighted by Gasteiger charge is -2.22. The van der Waals surface area contributed by atoms with E-state index < -0.39 is 0 Å². The number of nitrogens with one attached hydrogen (secondary N) is 2. The van der Waals surface area contributed by atoms with E-state index in [-0.39, 0.29) is 50.9 Å². The molecule has 2 aliphatic heterocycles. The molecule has 2 saturated heterocycles. The summed E-state index contributed by atoms with van der Waals surface area (Å²) in [7, 11) is 0.